The third kappa shape index (κ3) is 4.58. The van der Waals surface area contributed by atoms with Crippen molar-refractivity contribution in [2.45, 2.75) is 45.6 Å². The second-order valence-electron chi connectivity index (χ2n) is 5.49. The zero-order valence-electron chi connectivity index (χ0n) is 11.7. The SMILES string of the molecule is Cc1ccccc1CNC(=O)NCC1CCCCC1. The fourth-order valence-electron chi connectivity index (χ4n) is 2.67. The van der Waals surface area contributed by atoms with Crippen molar-refractivity contribution in [2.75, 3.05) is 6.54 Å². The van der Waals surface area contributed by atoms with E-state index < -0.39 is 0 Å². The van der Waals surface area contributed by atoms with Crippen molar-refractivity contribution in [1.29, 1.82) is 0 Å². The van der Waals surface area contributed by atoms with E-state index in [-0.39, 0.29) is 6.03 Å². The van der Waals surface area contributed by atoms with Crippen LogP contribution < -0.4 is 10.6 Å². The van der Waals surface area contributed by atoms with E-state index in [4.69, 9.17) is 0 Å². The summed E-state index contributed by atoms with van der Waals surface area (Å²) in [6.07, 6.45) is 6.51. The molecule has 0 unspecified atom stereocenters. The normalized spacial score (nSPS) is 16.1. The number of hydrogen-bond acceptors (Lipinski definition) is 1. The number of carbonyl (C=O) groups is 1. The van der Waals surface area contributed by atoms with E-state index in [9.17, 15) is 4.79 Å². The van der Waals surface area contributed by atoms with E-state index in [1.807, 2.05) is 12.1 Å². The van der Waals surface area contributed by atoms with Gasteiger partial charge in [-0.1, -0.05) is 43.5 Å². The molecule has 0 spiro atoms. The molecular formula is C16H24N2O. The van der Waals surface area contributed by atoms with Gasteiger partial charge in [-0.05, 0) is 36.8 Å². The van der Waals surface area contributed by atoms with Gasteiger partial charge in [0, 0.05) is 13.1 Å². The maximum absolute atomic E-state index is 11.7. The Kier molecular flexibility index (Phi) is 5.25. The number of rotatable bonds is 4. The van der Waals surface area contributed by atoms with Crippen LogP contribution in [-0.2, 0) is 6.54 Å². The van der Waals surface area contributed by atoms with Gasteiger partial charge in [0.05, 0.1) is 0 Å². The first kappa shape index (κ1) is 13.9. The molecule has 0 saturated heterocycles. The molecule has 3 heteroatoms. The molecule has 2 rings (SSSR count). The van der Waals surface area contributed by atoms with Crippen LogP contribution in [0.4, 0.5) is 4.79 Å². The lowest BCUT2D eigenvalue weighted by Gasteiger charge is -2.21. The van der Waals surface area contributed by atoms with E-state index in [2.05, 4.69) is 29.7 Å². The third-order valence-electron chi connectivity index (χ3n) is 3.98. The minimum atomic E-state index is -0.0474. The topological polar surface area (TPSA) is 41.1 Å². The summed E-state index contributed by atoms with van der Waals surface area (Å²) in [6.45, 7) is 3.49. The van der Waals surface area contributed by atoms with Gasteiger partial charge in [-0.25, -0.2) is 4.79 Å². The van der Waals surface area contributed by atoms with Crippen molar-refractivity contribution in [3.63, 3.8) is 0 Å². The van der Waals surface area contributed by atoms with Crippen LogP contribution in [0.1, 0.15) is 43.2 Å². The van der Waals surface area contributed by atoms with Crippen molar-refractivity contribution in [2.24, 2.45) is 5.92 Å². The molecule has 3 nitrogen and oxygen atoms in total. The third-order valence-corrected chi connectivity index (χ3v) is 3.98. The molecule has 0 aromatic heterocycles. The molecule has 0 atom stereocenters. The molecule has 1 aliphatic rings. The highest BCUT2D eigenvalue weighted by molar-refractivity contribution is 5.73. The van der Waals surface area contributed by atoms with Crippen molar-refractivity contribution in [1.82, 2.24) is 10.6 Å². The largest absolute Gasteiger partial charge is 0.338 e. The van der Waals surface area contributed by atoms with Crippen molar-refractivity contribution < 1.29 is 4.79 Å². The van der Waals surface area contributed by atoms with E-state index in [0.29, 0.717) is 12.5 Å². The molecule has 1 aromatic rings. The Morgan fingerprint density at radius 3 is 2.63 bits per heavy atom. The maximum atomic E-state index is 11.7. The number of aryl methyl sites for hydroxylation is 1. The van der Waals surface area contributed by atoms with Crippen LogP contribution in [0.5, 0.6) is 0 Å². The minimum absolute atomic E-state index is 0.0474. The quantitative estimate of drug-likeness (QED) is 0.856. The summed E-state index contributed by atoms with van der Waals surface area (Å²) in [5, 5.41) is 5.92. The fourth-order valence-corrected chi connectivity index (χ4v) is 2.67. The molecule has 0 bridgehead atoms. The molecule has 19 heavy (non-hydrogen) atoms. The van der Waals surface area contributed by atoms with Gasteiger partial charge in [0.15, 0.2) is 0 Å². The molecule has 0 aliphatic heterocycles. The highest BCUT2D eigenvalue weighted by atomic mass is 16.2. The maximum Gasteiger partial charge on any atom is 0.315 e. The van der Waals surface area contributed by atoms with Gasteiger partial charge in [0.1, 0.15) is 0 Å². The molecule has 1 fully saturated rings. The Morgan fingerprint density at radius 2 is 1.89 bits per heavy atom. The molecule has 0 heterocycles. The molecule has 1 aliphatic carbocycles. The number of nitrogens with one attached hydrogen (secondary N) is 2. The van der Waals surface area contributed by atoms with E-state index in [0.717, 1.165) is 6.54 Å². The molecule has 0 radical (unpaired) electrons. The van der Waals surface area contributed by atoms with Gasteiger partial charge in [0.2, 0.25) is 0 Å². The molecular weight excluding hydrogens is 236 g/mol. The van der Waals surface area contributed by atoms with E-state index in [1.54, 1.807) is 0 Å². The Balaban J connectivity index is 1.68. The summed E-state index contributed by atoms with van der Waals surface area (Å²) in [5.41, 5.74) is 2.39. The van der Waals surface area contributed by atoms with Gasteiger partial charge in [-0.2, -0.15) is 0 Å². The average Bonchev–Trinajstić information content (AvgIpc) is 2.45. The molecule has 104 valence electrons. The van der Waals surface area contributed by atoms with Gasteiger partial charge >= 0.3 is 6.03 Å². The lowest BCUT2D eigenvalue weighted by Crippen LogP contribution is -2.38. The van der Waals surface area contributed by atoms with Gasteiger partial charge in [-0.3, -0.25) is 0 Å². The molecule has 2 N–H and O–H groups in total. The van der Waals surface area contributed by atoms with Crippen LogP contribution in [0.25, 0.3) is 0 Å². The summed E-state index contributed by atoms with van der Waals surface area (Å²) in [7, 11) is 0. The Hall–Kier alpha value is -1.51. The second-order valence-corrected chi connectivity index (χ2v) is 5.49. The smallest absolute Gasteiger partial charge is 0.315 e. The van der Waals surface area contributed by atoms with Gasteiger partial charge in [-0.15, -0.1) is 0 Å². The lowest BCUT2D eigenvalue weighted by atomic mass is 9.89. The predicted octanol–water partition coefficient (Wildman–Crippen LogP) is 3.37. The number of amides is 2. The summed E-state index contributed by atoms with van der Waals surface area (Å²) in [6, 6.07) is 8.09. The summed E-state index contributed by atoms with van der Waals surface area (Å²) in [5.74, 6) is 0.679. The fraction of sp³-hybridized carbons (Fsp3) is 0.562. The van der Waals surface area contributed by atoms with E-state index >= 15 is 0 Å². The summed E-state index contributed by atoms with van der Waals surface area (Å²) < 4.78 is 0. The number of urea groups is 1. The first-order valence-electron chi connectivity index (χ1n) is 7.32. The Bertz CT molecular complexity index is 411. The van der Waals surface area contributed by atoms with Crippen LogP contribution in [0.2, 0.25) is 0 Å². The van der Waals surface area contributed by atoms with Crippen molar-refractivity contribution in [3.05, 3.63) is 35.4 Å². The van der Waals surface area contributed by atoms with Gasteiger partial charge in [0.25, 0.3) is 0 Å². The number of hydrogen-bond donors (Lipinski definition) is 2. The molecule has 2 amide bonds. The molecule has 1 aromatic carbocycles. The first-order valence-corrected chi connectivity index (χ1v) is 7.32. The lowest BCUT2D eigenvalue weighted by molar-refractivity contribution is 0.236. The standard InChI is InChI=1S/C16H24N2O/c1-13-7-5-6-10-15(13)12-18-16(19)17-11-14-8-3-2-4-9-14/h5-7,10,14H,2-4,8-9,11-12H2,1H3,(H2,17,18,19). The van der Waals surface area contributed by atoms with Crippen molar-refractivity contribution >= 4 is 6.03 Å². The Labute approximate surface area is 115 Å². The zero-order chi connectivity index (χ0) is 13.5. The first-order chi connectivity index (χ1) is 9.25. The van der Waals surface area contributed by atoms with Crippen LogP contribution in [0.15, 0.2) is 24.3 Å². The highest BCUT2D eigenvalue weighted by Gasteiger charge is 2.13. The van der Waals surface area contributed by atoms with Crippen molar-refractivity contribution in [3.8, 4) is 0 Å². The summed E-state index contributed by atoms with van der Waals surface area (Å²) in [4.78, 5) is 11.7. The average molecular weight is 260 g/mol. The van der Waals surface area contributed by atoms with Gasteiger partial charge < -0.3 is 10.6 Å². The van der Waals surface area contributed by atoms with Crippen LogP contribution in [0.3, 0.4) is 0 Å². The minimum Gasteiger partial charge on any atom is -0.338 e. The number of benzene rings is 1. The van der Waals surface area contributed by atoms with Crippen LogP contribution in [-0.4, -0.2) is 12.6 Å². The van der Waals surface area contributed by atoms with E-state index in [1.165, 1.54) is 43.2 Å². The van der Waals surface area contributed by atoms with Crippen LogP contribution in [0, 0.1) is 12.8 Å². The number of carbonyl (C=O) groups excluding carboxylic acids is 1. The highest BCUT2D eigenvalue weighted by Crippen LogP contribution is 2.22. The summed E-state index contributed by atoms with van der Waals surface area (Å²) >= 11 is 0. The monoisotopic (exact) mass is 260 g/mol. The zero-order valence-corrected chi connectivity index (χ0v) is 11.7. The van der Waals surface area contributed by atoms with Crippen LogP contribution >= 0.6 is 0 Å². The second kappa shape index (κ2) is 7.17. The Morgan fingerprint density at radius 1 is 1.16 bits per heavy atom. The predicted molar refractivity (Wildman–Crippen MR) is 78.0 cm³/mol. The molecule has 1 saturated carbocycles.